The molecular formula is C22H34N5O3+. The summed E-state index contributed by atoms with van der Waals surface area (Å²) in [5.41, 5.74) is 0.159. The quantitative estimate of drug-likeness (QED) is 0.418. The van der Waals surface area contributed by atoms with Gasteiger partial charge >= 0.3 is 12.1 Å². The zero-order valence-electron chi connectivity index (χ0n) is 18.8. The van der Waals surface area contributed by atoms with E-state index in [-0.39, 0.29) is 10.5 Å². The summed E-state index contributed by atoms with van der Waals surface area (Å²) in [5, 5.41) is 6.14. The van der Waals surface area contributed by atoms with Gasteiger partial charge in [0.15, 0.2) is 0 Å². The minimum atomic E-state index is -0.613. The monoisotopic (exact) mass is 416 g/mol. The number of urea groups is 1. The number of ether oxygens (including phenoxy) is 1. The molecule has 1 aliphatic heterocycles. The summed E-state index contributed by atoms with van der Waals surface area (Å²) in [6, 6.07) is -0.290. The van der Waals surface area contributed by atoms with Crippen LogP contribution < -0.4 is 10.6 Å². The van der Waals surface area contributed by atoms with E-state index in [0.29, 0.717) is 38.3 Å². The molecule has 0 saturated carbocycles. The summed E-state index contributed by atoms with van der Waals surface area (Å²) < 4.78 is 5.17. The molecule has 8 heteroatoms. The topological polar surface area (TPSA) is 93.2 Å². The molecule has 0 spiro atoms. The molecular weight excluding hydrogens is 382 g/mol. The average Bonchev–Trinajstić information content (AvgIpc) is 2.61. The fourth-order valence-electron chi connectivity index (χ4n) is 2.91. The molecule has 0 atom stereocenters. The summed E-state index contributed by atoms with van der Waals surface area (Å²) in [4.78, 5) is 33.7. The van der Waals surface area contributed by atoms with Gasteiger partial charge in [0.05, 0.1) is 5.56 Å². The Morgan fingerprint density at radius 1 is 1.27 bits per heavy atom. The number of carbonyl (C=O) groups is 2. The first-order chi connectivity index (χ1) is 14.2. The first-order valence-corrected chi connectivity index (χ1v) is 10.6. The Morgan fingerprint density at radius 3 is 2.60 bits per heavy atom. The van der Waals surface area contributed by atoms with Crippen LogP contribution in [0.2, 0.25) is 0 Å². The highest BCUT2D eigenvalue weighted by Crippen LogP contribution is 2.25. The standard InChI is InChI=1S/C22H33N5O3/c1-6-12-23-19-18(16-25-17(2)26-19)11-8-7-9-13-24-20(28)27(14-10-15-27)21(29)30-22(3,4)5/h16H,6-7,9-10,12-15H2,1-5H3,(H-,23,24,25,26,28)/p+1. The highest BCUT2D eigenvalue weighted by atomic mass is 16.6. The second-order valence-electron chi connectivity index (χ2n) is 8.49. The Kier molecular flexibility index (Phi) is 8.18. The highest BCUT2D eigenvalue weighted by Gasteiger charge is 2.53. The molecule has 0 unspecified atom stereocenters. The van der Waals surface area contributed by atoms with Gasteiger partial charge in [0, 0.05) is 32.1 Å². The summed E-state index contributed by atoms with van der Waals surface area (Å²) in [7, 11) is 0. The number of rotatable bonds is 6. The fourth-order valence-corrected chi connectivity index (χ4v) is 2.91. The third-order valence-electron chi connectivity index (χ3n) is 4.64. The van der Waals surface area contributed by atoms with Gasteiger partial charge in [-0.15, -0.1) is 4.48 Å². The Labute approximate surface area is 179 Å². The lowest BCUT2D eigenvalue weighted by atomic mass is 10.1. The van der Waals surface area contributed by atoms with Crippen LogP contribution in [0.5, 0.6) is 0 Å². The van der Waals surface area contributed by atoms with Crippen LogP contribution in [0.3, 0.4) is 0 Å². The van der Waals surface area contributed by atoms with Crippen LogP contribution in [-0.4, -0.2) is 58.4 Å². The number of nitrogens with one attached hydrogen (secondary N) is 2. The number of hydrogen-bond donors (Lipinski definition) is 2. The average molecular weight is 417 g/mol. The Balaban J connectivity index is 1.83. The fraction of sp³-hybridized carbons (Fsp3) is 0.636. The maximum absolute atomic E-state index is 12.6. The number of unbranched alkanes of at least 4 members (excludes halogenated alkanes) is 1. The molecule has 30 heavy (non-hydrogen) atoms. The van der Waals surface area contributed by atoms with Crippen molar-refractivity contribution in [2.24, 2.45) is 0 Å². The number of nitrogens with zero attached hydrogens (tertiary/aromatic N) is 3. The molecule has 164 valence electrons. The summed E-state index contributed by atoms with van der Waals surface area (Å²) in [6.07, 6.45) is 4.40. The van der Waals surface area contributed by atoms with E-state index in [0.717, 1.165) is 30.8 Å². The van der Waals surface area contributed by atoms with Crippen molar-refractivity contribution in [3.63, 3.8) is 0 Å². The molecule has 2 N–H and O–H groups in total. The molecule has 0 aromatic carbocycles. The number of anilines is 1. The molecule has 1 saturated heterocycles. The zero-order valence-corrected chi connectivity index (χ0v) is 18.8. The number of carbonyl (C=O) groups excluding carboxylic acids is 2. The van der Waals surface area contributed by atoms with Crippen molar-refractivity contribution in [1.29, 1.82) is 0 Å². The molecule has 3 amide bonds. The number of aryl methyl sites for hydroxylation is 1. The van der Waals surface area contributed by atoms with Crippen LogP contribution in [0.4, 0.5) is 15.4 Å². The Hall–Kier alpha value is -2.66. The lowest BCUT2D eigenvalue weighted by Gasteiger charge is -2.39. The smallest absolute Gasteiger partial charge is 0.414 e. The largest absolute Gasteiger partial charge is 0.525 e. The Morgan fingerprint density at radius 2 is 2.00 bits per heavy atom. The van der Waals surface area contributed by atoms with E-state index < -0.39 is 11.7 Å². The van der Waals surface area contributed by atoms with Crippen molar-refractivity contribution in [3.05, 3.63) is 17.6 Å². The SMILES string of the molecule is CCCNc1nc(C)ncc1C#CCCCNC(=O)[N+]1(C(=O)OC(C)(C)C)CCC1. The predicted octanol–water partition coefficient (Wildman–Crippen LogP) is 3.60. The van der Waals surface area contributed by atoms with Gasteiger partial charge < -0.3 is 15.4 Å². The molecule has 2 heterocycles. The third kappa shape index (κ3) is 6.42. The van der Waals surface area contributed by atoms with Gasteiger partial charge in [0.2, 0.25) is 0 Å². The van der Waals surface area contributed by atoms with Crippen molar-refractivity contribution in [3.8, 4) is 11.8 Å². The van der Waals surface area contributed by atoms with E-state index in [4.69, 9.17) is 4.74 Å². The lowest BCUT2D eigenvalue weighted by molar-refractivity contribution is -0.820. The van der Waals surface area contributed by atoms with Gasteiger partial charge in [-0.1, -0.05) is 18.8 Å². The van der Waals surface area contributed by atoms with Gasteiger partial charge in [-0.25, -0.2) is 14.8 Å². The van der Waals surface area contributed by atoms with E-state index in [1.807, 2.05) is 6.92 Å². The van der Waals surface area contributed by atoms with Crippen molar-refractivity contribution < 1.29 is 18.8 Å². The summed E-state index contributed by atoms with van der Waals surface area (Å²) >= 11 is 0. The predicted molar refractivity (Wildman–Crippen MR) is 116 cm³/mol. The summed E-state index contributed by atoms with van der Waals surface area (Å²) in [5.74, 6) is 7.68. The van der Waals surface area contributed by atoms with Crippen LogP contribution in [0.1, 0.15) is 64.8 Å². The van der Waals surface area contributed by atoms with Crippen LogP contribution in [-0.2, 0) is 4.74 Å². The van der Waals surface area contributed by atoms with Crippen molar-refractivity contribution in [1.82, 2.24) is 15.3 Å². The number of quaternary nitrogens is 1. The van der Waals surface area contributed by atoms with Crippen LogP contribution >= 0.6 is 0 Å². The zero-order chi connectivity index (χ0) is 22.2. The maximum atomic E-state index is 12.6. The normalized spacial score (nSPS) is 14.7. The van der Waals surface area contributed by atoms with Crippen molar-refractivity contribution in [2.45, 2.75) is 65.9 Å². The van der Waals surface area contributed by atoms with Gasteiger partial charge in [-0.05, 0) is 40.5 Å². The van der Waals surface area contributed by atoms with Crippen LogP contribution in [0, 0.1) is 18.8 Å². The first-order valence-electron chi connectivity index (χ1n) is 10.6. The van der Waals surface area contributed by atoms with E-state index in [1.54, 1.807) is 27.0 Å². The lowest BCUT2D eigenvalue weighted by Crippen LogP contribution is -2.68. The molecule has 1 aromatic heterocycles. The second kappa shape index (κ2) is 10.4. The van der Waals surface area contributed by atoms with Gasteiger partial charge in [-0.2, -0.15) is 4.79 Å². The number of hydrogen-bond acceptors (Lipinski definition) is 6. The van der Waals surface area contributed by atoms with Crippen LogP contribution in [0.25, 0.3) is 0 Å². The van der Waals surface area contributed by atoms with Gasteiger partial charge in [-0.3, -0.25) is 0 Å². The molecule has 2 rings (SSSR count). The van der Waals surface area contributed by atoms with E-state index >= 15 is 0 Å². The molecule has 0 aliphatic carbocycles. The molecule has 1 fully saturated rings. The van der Waals surface area contributed by atoms with Gasteiger partial charge in [0.1, 0.15) is 30.3 Å². The third-order valence-corrected chi connectivity index (χ3v) is 4.64. The maximum Gasteiger partial charge on any atom is 0.525 e. The molecule has 0 bridgehead atoms. The summed E-state index contributed by atoms with van der Waals surface area (Å²) in [6.45, 7) is 11.6. The van der Waals surface area contributed by atoms with Crippen molar-refractivity contribution >= 4 is 17.9 Å². The highest BCUT2D eigenvalue weighted by molar-refractivity contribution is 5.80. The van der Waals surface area contributed by atoms with E-state index in [1.165, 1.54) is 0 Å². The minimum absolute atomic E-state index is 0.268. The molecule has 8 nitrogen and oxygen atoms in total. The molecule has 0 radical (unpaired) electrons. The first kappa shape index (κ1) is 23.6. The van der Waals surface area contributed by atoms with Crippen molar-refractivity contribution in [2.75, 3.05) is 31.5 Å². The van der Waals surface area contributed by atoms with Gasteiger partial charge in [0.25, 0.3) is 0 Å². The number of likely N-dealkylation sites (tertiary alicyclic amines) is 1. The minimum Gasteiger partial charge on any atom is -0.414 e. The Bertz CT molecular complexity index is 816. The number of imide groups is 1. The molecule has 1 aliphatic rings. The molecule has 1 aromatic rings. The van der Waals surface area contributed by atoms with Crippen LogP contribution in [0.15, 0.2) is 6.20 Å². The number of amides is 3. The number of aromatic nitrogens is 2. The van der Waals surface area contributed by atoms with E-state index in [9.17, 15) is 9.59 Å². The second-order valence-corrected chi connectivity index (χ2v) is 8.49. The van der Waals surface area contributed by atoms with E-state index in [2.05, 4.69) is 39.4 Å².